The summed E-state index contributed by atoms with van der Waals surface area (Å²) in [4.78, 5) is 56.4. The van der Waals surface area contributed by atoms with E-state index in [1.807, 2.05) is 65.0 Å². The Bertz CT molecular complexity index is 1750. The fourth-order valence-corrected chi connectivity index (χ4v) is 7.36. The highest BCUT2D eigenvalue weighted by Crippen LogP contribution is 2.62. The number of anilines is 1. The van der Waals surface area contributed by atoms with Crippen LogP contribution in [0.15, 0.2) is 96.5 Å². The third kappa shape index (κ3) is 3.21. The highest BCUT2D eigenvalue weighted by atomic mass is 32.1. The molecule has 0 saturated carbocycles. The predicted molar refractivity (Wildman–Crippen MR) is 150 cm³/mol. The van der Waals surface area contributed by atoms with Crippen molar-refractivity contribution in [2.45, 2.75) is 17.5 Å². The number of Topliss-reactive ketones (excluding diaryl/α,β-unsaturated/α-hetero) is 2. The van der Waals surface area contributed by atoms with Gasteiger partial charge < -0.3 is 10.2 Å². The summed E-state index contributed by atoms with van der Waals surface area (Å²) in [6.45, 7) is 0. The fourth-order valence-electron chi connectivity index (χ4n) is 6.66. The largest absolute Gasteiger partial charge is 0.358 e. The van der Waals surface area contributed by atoms with Crippen molar-refractivity contribution >= 4 is 46.3 Å². The molecule has 8 nitrogen and oxygen atoms in total. The lowest BCUT2D eigenvalue weighted by Gasteiger charge is -2.38. The topological polar surface area (TPSA) is 110 Å². The van der Waals surface area contributed by atoms with Crippen LogP contribution in [0.1, 0.15) is 42.8 Å². The first-order valence-electron chi connectivity index (χ1n) is 12.7. The maximum atomic E-state index is 14.6. The summed E-state index contributed by atoms with van der Waals surface area (Å²) in [5.41, 5.74) is 1.63. The molecule has 9 heteroatoms. The molecule has 3 aliphatic heterocycles. The van der Waals surface area contributed by atoms with Crippen LogP contribution in [0.2, 0.25) is 0 Å². The predicted octanol–water partition coefficient (Wildman–Crippen LogP) is 5.64. The van der Waals surface area contributed by atoms with Crippen LogP contribution >= 0.6 is 11.3 Å². The van der Waals surface area contributed by atoms with Crippen LogP contribution in [0.3, 0.4) is 0 Å². The van der Waals surface area contributed by atoms with Gasteiger partial charge in [0.2, 0.25) is 5.91 Å². The fraction of sp³-hybridized carbons (Fsp3) is 0.129. The SMILES string of the molecule is O=C(c1ccc([N+](=O)[O-])cc1)[C@@H]1[C@H](C(=O)c2cccs2)N2C=Cc3ccccc3[C@@H]2[C@]12C(=O)Nc1ccccc12. The molecule has 4 aromatic rings. The van der Waals surface area contributed by atoms with E-state index in [0.717, 1.165) is 11.1 Å². The molecule has 7 rings (SSSR count). The van der Waals surface area contributed by atoms with Crippen LogP contribution in [0.5, 0.6) is 0 Å². The van der Waals surface area contributed by atoms with Crippen LogP contribution in [-0.4, -0.2) is 33.3 Å². The number of nitrogens with one attached hydrogen (secondary N) is 1. The number of benzene rings is 3. The monoisotopic (exact) mass is 547 g/mol. The first kappa shape index (κ1) is 24.2. The van der Waals surface area contributed by atoms with Gasteiger partial charge in [-0.15, -0.1) is 11.3 Å². The zero-order chi connectivity index (χ0) is 27.6. The second-order valence-corrected chi connectivity index (χ2v) is 11.0. The second kappa shape index (κ2) is 8.82. The van der Waals surface area contributed by atoms with Crippen molar-refractivity contribution in [1.82, 2.24) is 4.90 Å². The highest BCUT2D eigenvalue weighted by molar-refractivity contribution is 7.12. The number of rotatable bonds is 5. The minimum atomic E-state index is -1.44. The van der Waals surface area contributed by atoms with E-state index in [9.17, 15) is 24.5 Å². The Hall–Kier alpha value is -4.89. The Labute approximate surface area is 232 Å². The molecule has 1 aromatic heterocycles. The highest BCUT2D eigenvalue weighted by Gasteiger charge is 2.70. The van der Waals surface area contributed by atoms with Gasteiger partial charge in [0.15, 0.2) is 11.6 Å². The molecule has 0 radical (unpaired) electrons. The number of non-ortho nitro benzene ring substituents is 1. The minimum Gasteiger partial charge on any atom is -0.358 e. The summed E-state index contributed by atoms with van der Waals surface area (Å²) >= 11 is 1.29. The zero-order valence-corrected chi connectivity index (χ0v) is 21.7. The van der Waals surface area contributed by atoms with E-state index in [4.69, 9.17) is 0 Å². The molecule has 40 heavy (non-hydrogen) atoms. The van der Waals surface area contributed by atoms with E-state index in [-0.39, 0.29) is 22.9 Å². The van der Waals surface area contributed by atoms with E-state index in [2.05, 4.69) is 5.32 Å². The van der Waals surface area contributed by atoms with Crippen molar-refractivity contribution in [3.05, 3.63) is 134 Å². The number of para-hydroxylation sites is 1. The zero-order valence-electron chi connectivity index (χ0n) is 20.9. The maximum absolute atomic E-state index is 14.6. The molecule has 4 atom stereocenters. The molecular formula is C31H21N3O5S. The number of nitro benzene ring substituents is 1. The average molecular weight is 548 g/mol. The first-order valence-corrected chi connectivity index (χ1v) is 13.6. The number of nitro groups is 1. The van der Waals surface area contributed by atoms with Gasteiger partial charge in [-0.3, -0.25) is 24.5 Å². The Morgan fingerprint density at radius 2 is 1.68 bits per heavy atom. The molecule has 1 spiro atoms. The lowest BCUT2D eigenvalue weighted by Crippen LogP contribution is -2.49. The normalized spacial score (nSPS) is 23.9. The van der Waals surface area contributed by atoms with E-state index >= 15 is 0 Å². The van der Waals surface area contributed by atoms with Gasteiger partial charge in [0.1, 0.15) is 11.5 Å². The van der Waals surface area contributed by atoms with Crippen LogP contribution in [0, 0.1) is 16.0 Å². The molecule has 1 saturated heterocycles. The molecule has 1 N–H and O–H groups in total. The number of fused-ring (bicyclic) bond motifs is 6. The summed E-state index contributed by atoms with van der Waals surface area (Å²) in [6, 6.07) is 22.2. The number of nitrogens with zero attached hydrogens (tertiary/aromatic N) is 2. The van der Waals surface area contributed by atoms with E-state index in [1.165, 1.54) is 35.6 Å². The standard InChI is InChI=1S/C31H21N3O5S/c35-27(19-11-13-20(14-12-19)34(38)39)25-26(28(36)24-10-5-17-40-24)33-16-15-18-6-1-2-7-21(18)29(33)31(25)22-8-3-4-9-23(22)32-30(31)37/h1-17,25-26,29H,(H,32,37)/t25-,26+,29+,31+/m0/s1. The lowest BCUT2D eigenvalue weighted by molar-refractivity contribution is -0.384. The van der Waals surface area contributed by atoms with Gasteiger partial charge in [-0.1, -0.05) is 48.5 Å². The van der Waals surface area contributed by atoms with Crippen molar-refractivity contribution in [2.75, 3.05) is 5.32 Å². The van der Waals surface area contributed by atoms with Crippen molar-refractivity contribution < 1.29 is 19.3 Å². The molecule has 1 amide bonds. The third-order valence-corrected chi connectivity index (χ3v) is 9.13. The second-order valence-electron chi connectivity index (χ2n) is 10.1. The molecule has 4 heterocycles. The summed E-state index contributed by atoms with van der Waals surface area (Å²) in [7, 11) is 0. The van der Waals surface area contributed by atoms with Crippen molar-refractivity contribution in [3.63, 3.8) is 0 Å². The molecule has 196 valence electrons. The smallest absolute Gasteiger partial charge is 0.269 e. The number of hydrogen-bond acceptors (Lipinski definition) is 7. The van der Waals surface area contributed by atoms with Gasteiger partial charge in [0.25, 0.3) is 5.69 Å². The Kier molecular flexibility index (Phi) is 5.33. The van der Waals surface area contributed by atoms with Gasteiger partial charge in [-0.05, 0) is 52.4 Å². The summed E-state index contributed by atoms with van der Waals surface area (Å²) in [5, 5.41) is 16.1. The van der Waals surface area contributed by atoms with E-state index < -0.39 is 34.1 Å². The molecule has 0 bridgehead atoms. The van der Waals surface area contributed by atoms with Gasteiger partial charge in [-0.25, -0.2) is 0 Å². The number of hydrogen-bond donors (Lipinski definition) is 1. The maximum Gasteiger partial charge on any atom is 0.269 e. The summed E-state index contributed by atoms with van der Waals surface area (Å²) in [5.74, 6) is -2.14. The van der Waals surface area contributed by atoms with Gasteiger partial charge in [-0.2, -0.15) is 0 Å². The van der Waals surface area contributed by atoms with Gasteiger partial charge >= 0.3 is 0 Å². The molecule has 3 aromatic carbocycles. The summed E-state index contributed by atoms with van der Waals surface area (Å²) < 4.78 is 0. The number of ketones is 2. The number of carbonyl (C=O) groups excluding carboxylic acids is 3. The number of amides is 1. The minimum absolute atomic E-state index is 0.151. The Morgan fingerprint density at radius 1 is 0.925 bits per heavy atom. The quantitative estimate of drug-likeness (QED) is 0.197. The first-order chi connectivity index (χ1) is 19.4. The van der Waals surface area contributed by atoms with Gasteiger partial charge in [0.05, 0.1) is 21.8 Å². The third-order valence-electron chi connectivity index (χ3n) is 8.25. The van der Waals surface area contributed by atoms with Crippen LogP contribution in [0.25, 0.3) is 6.08 Å². The summed E-state index contributed by atoms with van der Waals surface area (Å²) in [6.07, 6.45) is 3.73. The Morgan fingerprint density at radius 3 is 2.42 bits per heavy atom. The average Bonchev–Trinajstić information content (AvgIpc) is 3.69. The van der Waals surface area contributed by atoms with Crippen molar-refractivity contribution in [1.29, 1.82) is 0 Å². The van der Waals surface area contributed by atoms with Gasteiger partial charge in [0, 0.05) is 29.6 Å². The Balaban J connectivity index is 1.52. The van der Waals surface area contributed by atoms with E-state index in [1.54, 1.807) is 18.2 Å². The molecular weight excluding hydrogens is 526 g/mol. The van der Waals surface area contributed by atoms with Crippen LogP contribution < -0.4 is 5.32 Å². The van der Waals surface area contributed by atoms with Crippen molar-refractivity contribution in [3.8, 4) is 0 Å². The number of carbonyl (C=O) groups is 3. The molecule has 3 aliphatic rings. The van der Waals surface area contributed by atoms with Crippen LogP contribution in [0.4, 0.5) is 11.4 Å². The molecule has 0 unspecified atom stereocenters. The number of thiophene rings is 1. The lowest BCUT2D eigenvalue weighted by atomic mass is 9.63. The van der Waals surface area contributed by atoms with E-state index in [0.29, 0.717) is 16.1 Å². The molecule has 1 fully saturated rings. The molecule has 0 aliphatic carbocycles. The van der Waals surface area contributed by atoms with Crippen LogP contribution in [-0.2, 0) is 10.2 Å². The van der Waals surface area contributed by atoms with Crippen molar-refractivity contribution in [2.24, 2.45) is 5.92 Å².